The number of hydrogen-bond acceptors (Lipinski definition) is 7. The van der Waals surface area contributed by atoms with Crippen LogP contribution in [-0.2, 0) is 24.1 Å². The van der Waals surface area contributed by atoms with Crippen LogP contribution in [0.3, 0.4) is 0 Å². The van der Waals surface area contributed by atoms with Gasteiger partial charge < -0.3 is 14.4 Å². The first-order chi connectivity index (χ1) is 18.3. The number of aryl methyl sites for hydroxylation is 2. The third kappa shape index (κ3) is 4.79. The number of aromatic nitrogens is 4. The molecule has 1 aliphatic carbocycles. The van der Waals surface area contributed by atoms with E-state index in [2.05, 4.69) is 10.00 Å². The average Bonchev–Trinajstić information content (AvgIpc) is 3.35. The summed E-state index contributed by atoms with van der Waals surface area (Å²) in [5.74, 6) is 0.817. The van der Waals surface area contributed by atoms with Gasteiger partial charge in [0.1, 0.15) is 18.2 Å². The Bertz CT molecular complexity index is 1580. The fraction of sp³-hybridized carbons (Fsp3) is 0.357. The highest BCUT2D eigenvalue weighted by Gasteiger charge is 2.25. The van der Waals surface area contributed by atoms with Gasteiger partial charge in [0.2, 0.25) is 0 Å². The van der Waals surface area contributed by atoms with Gasteiger partial charge in [-0.2, -0.15) is 5.10 Å². The lowest BCUT2D eigenvalue weighted by molar-refractivity contribution is 0.0591. The summed E-state index contributed by atoms with van der Waals surface area (Å²) < 4.78 is 14.3. The Labute approximate surface area is 225 Å². The molecule has 0 saturated carbocycles. The lowest BCUT2D eigenvalue weighted by Gasteiger charge is -2.29. The van der Waals surface area contributed by atoms with Gasteiger partial charge in [-0.25, -0.2) is 14.3 Å². The second-order valence-corrected chi connectivity index (χ2v) is 10.1. The van der Waals surface area contributed by atoms with E-state index in [1.807, 2.05) is 39.2 Å². The summed E-state index contributed by atoms with van der Waals surface area (Å²) in [6.07, 6.45) is 4.14. The van der Waals surface area contributed by atoms with Gasteiger partial charge in [0, 0.05) is 34.0 Å². The van der Waals surface area contributed by atoms with Crippen LogP contribution in [0.5, 0.6) is 5.75 Å². The molecular weight excluding hydrogens is 506 g/mol. The van der Waals surface area contributed by atoms with Crippen molar-refractivity contribution < 1.29 is 14.3 Å². The van der Waals surface area contributed by atoms with Crippen LogP contribution in [0.2, 0.25) is 5.02 Å². The van der Waals surface area contributed by atoms with Crippen LogP contribution in [0.15, 0.2) is 47.4 Å². The normalized spacial score (nSPS) is 15.1. The molecule has 0 fully saturated rings. The predicted molar refractivity (Wildman–Crippen MR) is 145 cm³/mol. The number of fused-ring (bicyclic) bond motifs is 2. The van der Waals surface area contributed by atoms with Crippen LogP contribution in [0.25, 0.3) is 16.6 Å². The van der Waals surface area contributed by atoms with Crippen LogP contribution in [0, 0.1) is 6.92 Å². The monoisotopic (exact) mass is 535 g/mol. The molecule has 9 nitrogen and oxygen atoms in total. The smallest absolute Gasteiger partial charge is 0.356 e. The molecule has 1 atom stereocenters. The molecule has 0 aliphatic heterocycles. The molecule has 0 spiro atoms. The van der Waals surface area contributed by atoms with E-state index in [9.17, 15) is 9.59 Å². The number of nitrogens with zero attached hydrogens (tertiary/aromatic N) is 5. The first-order valence-electron chi connectivity index (χ1n) is 12.5. The van der Waals surface area contributed by atoms with E-state index < -0.39 is 5.97 Å². The maximum absolute atomic E-state index is 13.4. The zero-order chi connectivity index (χ0) is 27.0. The number of halogens is 1. The number of benzene rings is 1. The van der Waals surface area contributed by atoms with E-state index in [0.29, 0.717) is 46.8 Å². The highest BCUT2D eigenvalue weighted by molar-refractivity contribution is 6.31. The van der Waals surface area contributed by atoms with Crippen molar-refractivity contribution in [3.63, 3.8) is 0 Å². The minimum Gasteiger partial charge on any atom is -0.491 e. The molecule has 10 heteroatoms. The Kier molecular flexibility index (Phi) is 7.23. The van der Waals surface area contributed by atoms with E-state index in [4.69, 9.17) is 26.1 Å². The van der Waals surface area contributed by atoms with Crippen molar-refractivity contribution in [1.82, 2.24) is 24.1 Å². The van der Waals surface area contributed by atoms with E-state index in [1.165, 1.54) is 11.6 Å². The molecular formula is C28H30ClN5O4. The van der Waals surface area contributed by atoms with Crippen LogP contribution < -0.4 is 10.3 Å². The van der Waals surface area contributed by atoms with E-state index in [-0.39, 0.29) is 12.2 Å². The van der Waals surface area contributed by atoms with Crippen molar-refractivity contribution in [3.8, 4) is 16.9 Å². The second-order valence-electron chi connectivity index (χ2n) is 9.64. The number of esters is 1. The molecule has 38 heavy (non-hydrogen) atoms. The Morgan fingerprint density at radius 3 is 2.76 bits per heavy atom. The summed E-state index contributed by atoms with van der Waals surface area (Å²) in [5, 5.41) is 4.86. The molecule has 5 rings (SSSR count). The van der Waals surface area contributed by atoms with Crippen molar-refractivity contribution in [1.29, 1.82) is 0 Å². The fourth-order valence-electron chi connectivity index (χ4n) is 5.10. The molecule has 0 bridgehead atoms. The first kappa shape index (κ1) is 25.9. The van der Waals surface area contributed by atoms with Crippen LogP contribution in [-0.4, -0.2) is 63.9 Å². The molecule has 1 aliphatic rings. The number of methoxy groups -OCH3 is 1. The van der Waals surface area contributed by atoms with Crippen molar-refractivity contribution in [2.75, 3.05) is 27.8 Å². The number of ether oxygens (including phenoxy) is 2. The number of carbonyl (C=O) groups excluding carboxylic acids is 1. The molecule has 3 aromatic heterocycles. The Hall–Kier alpha value is -3.69. The maximum atomic E-state index is 13.4. The molecule has 198 valence electrons. The van der Waals surface area contributed by atoms with Gasteiger partial charge in [-0.15, -0.1) is 0 Å². The maximum Gasteiger partial charge on any atom is 0.356 e. The van der Waals surface area contributed by atoms with Gasteiger partial charge in [-0.3, -0.25) is 9.36 Å². The molecule has 0 N–H and O–H groups in total. The third-order valence-corrected chi connectivity index (χ3v) is 7.41. The minimum atomic E-state index is -0.478. The van der Waals surface area contributed by atoms with Crippen molar-refractivity contribution in [2.45, 2.75) is 38.8 Å². The zero-order valence-electron chi connectivity index (χ0n) is 21.9. The number of rotatable bonds is 7. The highest BCUT2D eigenvalue weighted by atomic mass is 35.5. The van der Waals surface area contributed by atoms with Gasteiger partial charge in [0.05, 0.1) is 24.9 Å². The van der Waals surface area contributed by atoms with Crippen LogP contribution in [0.4, 0.5) is 0 Å². The lowest BCUT2D eigenvalue weighted by Crippen LogP contribution is -2.39. The molecule has 1 aromatic carbocycles. The summed E-state index contributed by atoms with van der Waals surface area (Å²) in [5.41, 5.74) is 4.32. The van der Waals surface area contributed by atoms with E-state index in [1.54, 1.807) is 29.0 Å². The fourth-order valence-corrected chi connectivity index (χ4v) is 5.27. The van der Waals surface area contributed by atoms with Crippen LogP contribution >= 0.6 is 11.6 Å². The molecule has 0 amide bonds. The summed E-state index contributed by atoms with van der Waals surface area (Å²) >= 11 is 6.36. The molecule has 3 heterocycles. The Morgan fingerprint density at radius 2 is 2.00 bits per heavy atom. The van der Waals surface area contributed by atoms with Crippen LogP contribution in [0.1, 0.15) is 34.0 Å². The quantitative estimate of drug-likeness (QED) is 0.332. The van der Waals surface area contributed by atoms with Gasteiger partial charge in [-0.05, 0) is 76.7 Å². The Balaban J connectivity index is 1.42. The predicted octanol–water partition coefficient (Wildman–Crippen LogP) is 3.80. The largest absolute Gasteiger partial charge is 0.491 e. The lowest BCUT2D eigenvalue weighted by atomic mass is 9.92. The van der Waals surface area contributed by atoms with E-state index in [0.717, 1.165) is 35.2 Å². The SMILES string of the molecule is COC(=O)c1ccc2c(-c3cc(Cl)ccc3OCCn3c(C)nc4c(c3=O)CC(N(C)C)CC4)ccnn12. The number of hydrogen-bond donors (Lipinski definition) is 0. The van der Waals surface area contributed by atoms with Crippen molar-refractivity contribution >= 4 is 23.1 Å². The zero-order valence-corrected chi connectivity index (χ0v) is 22.7. The third-order valence-electron chi connectivity index (χ3n) is 7.18. The van der Waals surface area contributed by atoms with Gasteiger partial charge in [-0.1, -0.05) is 11.6 Å². The minimum absolute atomic E-state index is 0.0124. The molecule has 1 unspecified atom stereocenters. The van der Waals surface area contributed by atoms with Gasteiger partial charge in [0.15, 0.2) is 5.69 Å². The van der Waals surface area contributed by atoms with Gasteiger partial charge >= 0.3 is 5.97 Å². The van der Waals surface area contributed by atoms with Crippen molar-refractivity contribution in [3.05, 3.63) is 80.7 Å². The van der Waals surface area contributed by atoms with Crippen molar-refractivity contribution in [2.24, 2.45) is 0 Å². The molecule has 0 radical (unpaired) electrons. The highest BCUT2D eigenvalue weighted by Crippen LogP contribution is 2.35. The average molecular weight is 536 g/mol. The number of likely N-dealkylation sites (N-methyl/N-ethyl adjacent to an activating group) is 1. The number of carbonyl (C=O) groups is 1. The first-order valence-corrected chi connectivity index (χ1v) is 12.9. The van der Waals surface area contributed by atoms with E-state index >= 15 is 0 Å². The Morgan fingerprint density at radius 1 is 1.18 bits per heavy atom. The summed E-state index contributed by atoms with van der Waals surface area (Å²) in [6, 6.07) is 11.0. The van der Waals surface area contributed by atoms with Gasteiger partial charge in [0.25, 0.3) is 5.56 Å². The molecule has 4 aromatic rings. The summed E-state index contributed by atoms with van der Waals surface area (Å²) in [6.45, 7) is 2.50. The standard InChI is InChI=1S/C28H30ClN5O4/c1-17-31-23-7-6-19(32(2)3)16-22(23)27(35)33(17)13-14-38-26-10-5-18(29)15-21(26)20-11-12-30-34-24(20)8-9-25(34)28(36)37-4/h5,8-12,15,19H,6-7,13-14,16H2,1-4H3. The second kappa shape index (κ2) is 10.6. The summed E-state index contributed by atoms with van der Waals surface area (Å²) in [7, 11) is 5.43. The summed E-state index contributed by atoms with van der Waals surface area (Å²) in [4.78, 5) is 32.5. The topological polar surface area (TPSA) is 91.0 Å². The molecule has 0 saturated heterocycles.